The second-order valence-electron chi connectivity index (χ2n) is 4.43. The SMILES string of the molecule is O=S1(=O)NCCN(C2CC2)c2ccc(Br)cc21. The van der Waals surface area contributed by atoms with E-state index >= 15 is 0 Å². The molecule has 2 aliphatic rings. The molecule has 0 aromatic heterocycles. The Balaban J connectivity index is 2.17. The smallest absolute Gasteiger partial charge is 0.242 e. The fraction of sp³-hybridized carbons (Fsp3) is 0.455. The lowest BCUT2D eigenvalue weighted by Gasteiger charge is -2.23. The number of anilines is 1. The van der Waals surface area contributed by atoms with Gasteiger partial charge in [0, 0.05) is 23.6 Å². The summed E-state index contributed by atoms with van der Waals surface area (Å²) in [5.74, 6) is 0. The van der Waals surface area contributed by atoms with Gasteiger partial charge in [-0.1, -0.05) is 15.9 Å². The predicted octanol–water partition coefficient (Wildman–Crippen LogP) is 1.71. The molecule has 0 spiro atoms. The molecule has 1 aliphatic heterocycles. The average molecular weight is 317 g/mol. The van der Waals surface area contributed by atoms with E-state index in [2.05, 4.69) is 25.6 Å². The summed E-state index contributed by atoms with van der Waals surface area (Å²) in [5, 5.41) is 0. The number of hydrogen-bond donors (Lipinski definition) is 1. The molecule has 0 amide bonds. The Morgan fingerprint density at radius 1 is 1.35 bits per heavy atom. The molecule has 1 aliphatic carbocycles. The molecule has 3 rings (SSSR count). The molecule has 1 aromatic rings. The van der Waals surface area contributed by atoms with Crippen molar-refractivity contribution in [1.29, 1.82) is 0 Å². The van der Waals surface area contributed by atoms with Gasteiger partial charge in [-0.15, -0.1) is 0 Å². The summed E-state index contributed by atoms with van der Waals surface area (Å²) in [5.41, 5.74) is 0.834. The largest absolute Gasteiger partial charge is 0.366 e. The summed E-state index contributed by atoms with van der Waals surface area (Å²) < 4.78 is 27.6. The van der Waals surface area contributed by atoms with Gasteiger partial charge in [-0.3, -0.25) is 0 Å². The molecule has 1 aromatic carbocycles. The molecule has 1 saturated carbocycles. The molecule has 0 radical (unpaired) electrons. The topological polar surface area (TPSA) is 49.4 Å². The van der Waals surface area contributed by atoms with Crippen LogP contribution in [0.2, 0.25) is 0 Å². The third-order valence-corrected chi connectivity index (χ3v) is 5.14. The second-order valence-corrected chi connectivity index (χ2v) is 7.09. The van der Waals surface area contributed by atoms with E-state index in [1.54, 1.807) is 6.07 Å². The van der Waals surface area contributed by atoms with Crippen LogP contribution in [0.25, 0.3) is 0 Å². The van der Waals surface area contributed by atoms with Crippen LogP contribution in [0.3, 0.4) is 0 Å². The fourth-order valence-corrected chi connectivity index (χ4v) is 3.98. The Hall–Kier alpha value is -0.590. The van der Waals surface area contributed by atoms with Gasteiger partial charge in [-0.2, -0.15) is 0 Å². The van der Waals surface area contributed by atoms with Crippen LogP contribution in [0.1, 0.15) is 12.8 Å². The molecule has 4 nitrogen and oxygen atoms in total. The Kier molecular flexibility index (Phi) is 2.68. The van der Waals surface area contributed by atoms with Gasteiger partial charge in [0.05, 0.1) is 5.69 Å². The van der Waals surface area contributed by atoms with Crippen molar-refractivity contribution >= 4 is 31.6 Å². The number of fused-ring (bicyclic) bond motifs is 1. The Morgan fingerprint density at radius 2 is 2.12 bits per heavy atom. The number of benzene rings is 1. The van der Waals surface area contributed by atoms with E-state index < -0.39 is 10.0 Å². The normalized spacial score (nSPS) is 23.0. The van der Waals surface area contributed by atoms with E-state index in [1.165, 1.54) is 0 Å². The predicted molar refractivity (Wildman–Crippen MR) is 69.7 cm³/mol. The van der Waals surface area contributed by atoms with Gasteiger partial charge in [0.2, 0.25) is 10.0 Å². The average Bonchev–Trinajstić information content (AvgIpc) is 3.08. The maximum absolute atomic E-state index is 12.1. The van der Waals surface area contributed by atoms with Crippen LogP contribution in [0, 0.1) is 0 Å². The van der Waals surface area contributed by atoms with Gasteiger partial charge in [-0.25, -0.2) is 13.1 Å². The molecular weight excluding hydrogens is 304 g/mol. The van der Waals surface area contributed by atoms with Gasteiger partial charge in [-0.05, 0) is 31.0 Å². The zero-order valence-corrected chi connectivity index (χ0v) is 11.6. The number of sulfonamides is 1. The van der Waals surface area contributed by atoms with Gasteiger partial charge < -0.3 is 4.90 Å². The quantitative estimate of drug-likeness (QED) is 0.858. The molecule has 0 bridgehead atoms. The van der Waals surface area contributed by atoms with Crippen LogP contribution in [-0.4, -0.2) is 27.5 Å². The van der Waals surface area contributed by atoms with E-state index in [9.17, 15) is 8.42 Å². The summed E-state index contributed by atoms with van der Waals surface area (Å²) in [6.07, 6.45) is 2.32. The maximum atomic E-state index is 12.1. The Labute approximate surface area is 109 Å². The van der Waals surface area contributed by atoms with Crippen LogP contribution in [0.5, 0.6) is 0 Å². The Bertz CT molecular complexity index is 555. The highest BCUT2D eigenvalue weighted by molar-refractivity contribution is 9.10. The molecular formula is C11H13BrN2O2S. The van der Waals surface area contributed by atoms with Crippen LogP contribution in [0.4, 0.5) is 5.69 Å². The summed E-state index contributed by atoms with van der Waals surface area (Å²) >= 11 is 3.33. The minimum atomic E-state index is -3.36. The van der Waals surface area contributed by atoms with Crippen LogP contribution in [0.15, 0.2) is 27.6 Å². The molecule has 0 atom stereocenters. The molecule has 1 fully saturated rings. The zero-order valence-electron chi connectivity index (χ0n) is 9.19. The van der Waals surface area contributed by atoms with Crippen LogP contribution in [-0.2, 0) is 10.0 Å². The summed E-state index contributed by atoms with van der Waals surface area (Å²) in [4.78, 5) is 2.59. The molecule has 0 unspecified atom stereocenters. The Morgan fingerprint density at radius 3 is 2.82 bits per heavy atom. The van der Waals surface area contributed by atoms with Crippen molar-refractivity contribution in [2.45, 2.75) is 23.8 Å². The third-order valence-electron chi connectivity index (χ3n) is 3.15. The monoisotopic (exact) mass is 316 g/mol. The lowest BCUT2D eigenvalue weighted by molar-refractivity contribution is 0.584. The van der Waals surface area contributed by atoms with E-state index in [0.29, 0.717) is 17.5 Å². The van der Waals surface area contributed by atoms with Crippen molar-refractivity contribution in [2.24, 2.45) is 0 Å². The molecule has 92 valence electrons. The number of nitrogens with zero attached hydrogens (tertiary/aromatic N) is 1. The van der Waals surface area contributed by atoms with Crippen LogP contribution >= 0.6 is 15.9 Å². The minimum Gasteiger partial charge on any atom is -0.366 e. The fourth-order valence-electron chi connectivity index (χ4n) is 2.20. The molecule has 17 heavy (non-hydrogen) atoms. The maximum Gasteiger partial charge on any atom is 0.242 e. The third kappa shape index (κ3) is 2.09. The van der Waals surface area contributed by atoms with E-state index in [1.807, 2.05) is 12.1 Å². The summed E-state index contributed by atoms with van der Waals surface area (Å²) in [6.45, 7) is 1.23. The summed E-state index contributed by atoms with van der Waals surface area (Å²) in [6, 6.07) is 5.99. The minimum absolute atomic E-state index is 0.385. The van der Waals surface area contributed by atoms with Gasteiger partial charge >= 0.3 is 0 Å². The van der Waals surface area contributed by atoms with Gasteiger partial charge in [0.1, 0.15) is 4.90 Å². The first kappa shape index (κ1) is 11.5. The van der Waals surface area contributed by atoms with Crippen molar-refractivity contribution in [3.8, 4) is 0 Å². The second kappa shape index (κ2) is 3.96. The number of rotatable bonds is 1. The zero-order chi connectivity index (χ0) is 12.0. The first-order valence-electron chi connectivity index (χ1n) is 5.64. The lowest BCUT2D eigenvalue weighted by Crippen LogP contribution is -2.31. The van der Waals surface area contributed by atoms with Crippen molar-refractivity contribution in [3.05, 3.63) is 22.7 Å². The van der Waals surface area contributed by atoms with E-state index in [0.717, 1.165) is 29.5 Å². The van der Waals surface area contributed by atoms with Crippen LogP contribution < -0.4 is 9.62 Å². The highest BCUT2D eigenvalue weighted by atomic mass is 79.9. The standard InChI is InChI=1S/C11H13BrN2O2S/c12-8-1-4-10-11(7-8)17(15,16)13-5-6-14(10)9-2-3-9/h1,4,7,9,13H,2-3,5-6H2. The molecule has 1 heterocycles. The van der Waals surface area contributed by atoms with Crippen molar-refractivity contribution in [2.75, 3.05) is 18.0 Å². The first-order chi connectivity index (χ1) is 8.08. The number of nitrogens with one attached hydrogen (secondary N) is 1. The molecule has 1 N–H and O–H groups in total. The first-order valence-corrected chi connectivity index (χ1v) is 7.91. The summed E-state index contributed by atoms with van der Waals surface area (Å²) in [7, 11) is -3.36. The number of hydrogen-bond acceptors (Lipinski definition) is 3. The molecule has 0 saturated heterocycles. The van der Waals surface area contributed by atoms with E-state index in [-0.39, 0.29) is 0 Å². The van der Waals surface area contributed by atoms with Crippen molar-refractivity contribution in [1.82, 2.24) is 4.72 Å². The van der Waals surface area contributed by atoms with Crippen molar-refractivity contribution in [3.63, 3.8) is 0 Å². The highest BCUT2D eigenvalue weighted by Crippen LogP contribution is 2.37. The lowest BCUT2D eigenvalue weighted by atomic mass is 10.2. The highest BCUT2D eigenvalue weighted by Gasteiger charge is 2.34. The van der Waals surface area contributed by atoms with E-state index in [4.69, 9.17) is 0 Å². The van der Waals surface area contributed by atoms with Gasteiger partial charge in [0.25, 0.3) is 0 Å². The van der Waals surface area contributed by atoms with Crippen molar-refractivity contribution < 1.29 is 8.42 Å². The number of halogens is 1. The van der Waals surface area contributed by atoms with Gasteiger partial charge in [0.15, 0.2) is 0 Å². The molecule has 6 heteroatoms.